The molecule has 0 aliphatic carbocycles. The fourth-order valence-corrected chi connectivity index (χ4v) is 6.09. The summed E-state index contributed by atoms with van der Waals surface area (Å²) in [5.41, 5.74) is 3.91. The average Bonchev–Trinajstić information content (AvgIpc) is 3.64. The zero-order valence-electron chi connectivity index (χ0n) is 26.3. The van der Waals surface area contributed by atoms with E-state index in [9.17, 15) is 22.8 Å². The molecule has 2 bridgehead atoms. The van der Waals surface area contributed by atoms with Crippen molar-refractivity contribution in [1.29, 1.82) is 0 Å². The Hall–Kier alpha value is -4.83. The number of carbonyl (C=O) groups is 3. The maximum Gasteiger partial charge on any atom is 0.490 e. The van der Waals surface area contributed by atoms with E-state index in [2.05, 4.69) is 20.7 Å². The summed E-state index contributed by atoms with van der Waals surface area (Å²) in [7, 11) is 1.68. The number of nitrogens with zero attached hydrogens (tertiary/aromatic N) is 6. The van der Waals surface area contributed by atoms with Gasteiger partial charge in [-0.3, -0.25) is 14.3 Å². The number of carbonyl (C=O) groups excluding carboxylic acids is 2. The second kappa shape index (κ2) is 14.6. The number of amides is 2. The van der Waals surface area contributed by atoms with Crippen LogP contribution in [0.1, 0.15) is 43.4 Å². The number of fused-ring (bicyclic) bond motifs is 4. The third kappa shape index (κ3) is 7.97. The van der Waals surface area contributed by atoms with Crippen LogP contribution in [0, 0.1) is 11.7 Å². The number of aromatic nitrogens is 5. The van der Waals surface area contributed by atoms with Gasteiger partial charge in [0.25, 0.3) is 0 Å². The summed E-state index contributed by atoms with van der Waals surface area (Å²) in [5, 5.41) is 22.7. The van der Waals surface area contributed by atoms with Gasteiger partial charge in [-0.15, -0.1) is 5.10 Å². The first-order chi connectivity index (χ1) is 23.5. The van der Waals surface area contributed by atoms with E-state index in [0.29, 0.717) is 45.2 Å². The molecular weight excluding hydrogens is 712 g/mol. The molecule has 18 heteroatoms. The second-order valence-corrected chi connectivity index (χ2v) is 12.4. The minimum atomic E-state index is -5.08. The third-order valence-corrected chi connectivity index (χ3v) is 8.69. The van der Waals surface area contributed by atoms with Gasteiger partial charge in [-0.1, -0.05) is 35.3 Å². The standard InChI is InChI=1S/C30H27Cl2F2N7O2.C2HF3O2/c1-16-23(34)4-6-25(18-9-19(11-21(33)10-18)29-24(36-30(16)43)14-35-39(29)2)40-8-7-17(12-28(40)42)22-13-20(31)3-5-26(22)41-15-27(32)37-38-41;3-2(4,5)1(6)7/h3,5,9-16,23,25H,4,6-8H2,1-2H3,(H,36,43);(H,6,7)/t16-,23?,25+;/m1./s1. The van der Waals surface area contributed by atoms with Gasteiger partial charge in [-0.05, 0) is 66.8 Å². The molecule has 0 radical (unpaired) electrons. The highest BCUT2D eigenvalue weighted by molar-refractivity contribution is 6.31. The van der Waals surface area contributed by atoms with Gasteiger partial charge in [0.2, 0.25) is 11.8 Å². The first kappa shape index (κ1) is 36.5. The van der Waals surface area contributed by atoms with Crippen molar-refractivity contribution in [1.82, 2.24) is 29.7 Å². The summed E-state index contributed by atoms with van der Waals surface area (Å²) in [6.45, 7) is 1.82. The Morgan fingerprint density at radius 2 is 1.82 bits per heavy atom. The van der Waals surface area contributed by atoms with Crippen molar-refractivity contribution in [2.75, 3.05) is 11.9 Å². The summed E-state index contributed by atoms with van der Waals surface area (Å²) >= 11 is 12.3. The van der Waals surface area contributed by atoms with E-state index in [1.807, 2.05) is 0 Å². The Kier molecular flexibility index (Phi) is 10.6. The third-order valence-electron chi connectivity index (χ3n) is 8.29. The number of carboxylic acid groups (broad SMARTS) is 1. The van der Waals surface area contributed by atoms with Crippen molar-refractivity contribution >= 4 is 52.2 Å². The molecule has 11 nitrogen and oxygen atoms in total. The van der Waals surface area contributed by atoms with Crippen LogP contribution in [-0.2, 0) is 21.4 Å². The number of aryl methyl sites for hydroxylation is 1. The lowest BCUT2D eigenvalue weighted by Crippen LogP contribution is -2.38. The van der Waals surface area contributed by atoms with Crippen LogP contribution in [0.5, 0.6) is 0 Å². The first-order valence-corrected chi connectivity index (χ1v) is 15.8. The second-order valence-electron chi connectivity index (χ2n) is 11.6. The quantitative estimate of drug-likeness (QED) is 0.221. The number of aliphatic carboxylic acids is 1. The van der Waals surface area contributed by atoms with Gasteiger partial charge in [0, 0.05) is 35.8 Å². The molecule has 0 saturated heterocycles. The first-order valence-electron chi connectivity index (χ1n) is 15.0. The van der Waals surface area contributed by atoms with Crippen molar-refractivity contribution < 1.29 is 41.4 Å². The number of hydrogen-bond donors (Lipinski definition) is 2. The van der Waals surface area contributed by atoms with E-state index < -0.39 is 42.0 Å². The zero-order chi connectivity index (χ0) is 36.5. The highest BCUT2D eigenvalue weighted by atomic mass is 35.5. The molecule has 0 spiro atoms. The predicted molar refractivity (Wildman–Crippen MR) is 173 cm³/mol. The predicted octanol–water partition coefficient (Wildman–Crippen LogP) is 6.81. The van der Waals surface area contributed by atoms with Crippen molar-refractivity contribution in [2.24, 2.45) is 13.0 Å². The minimum Gasteiger partial charge on any atom is -0.475 e. The lowest BCUT2D eigenvalue weighted by molar-refractivity contribution is -0.192. The van der Waals surface area contributed by atoms with E-state index in [1.54, 1.807) is 42.4 Å². The minimum absolute atomic E-state index is 0.00313. The van der Waals surface area contributed by atoms with Gasteiger partial charge in [-0.2, -0.15) is 18.3 Å². The number of benzene rings is 2. The Bertz CT molecular complexity index is 1980. The van der Waals surface area contributed by atoms with Crippen LogP contribution in [0.25, 0.3) is 22.5 Å². The normalized spacial score (nSPS) is 19.7. The van der Waals surface area contributed by atoms with E-state index in [0.717, 1.165) is 5.57 Å². The summed E-state index contributed by atoms with van der Waals surface area (Å²) < 4.78 is 65.3. The number of hydrogen-bond acceptors (Lipinski definition) is 6. The van der Waals surface area contributed by atoms with E-state index in [-0.39, 0.29) is 30.4 Å². The monoisotopic (exact) mass is 739 g/mol. The Morgan fingerprint density at radius 1 is 1.10 bits per heavy atom. The molecule has 3 atom stereocenters. The van der Waals surface area contributed by atoms with Crippen molar-refractivity contribution in [3.05, 3.63) is 82.0 Å². The van der Waals surface area contributed by atoms with Gasteiger partial charge in [-0.25, -0.2) is 18.3 Å². The van der Waals surface area contributed by atoms with Crippen LogP contribution in [-0.4, -0.2) is 71.5 Å². The van der Waals surface area contributed by atoms with Gasteiger partial charge < -0.3 is 15.3 Å². The van der Waals surface area contributed by atoms with Crippen LogP contribution < -0.4 is 5.32 Å². The maximum absolute atomic E-state index is 15.4. The highest BCUT2D eigenvalue weighted by Gasteiger charge is 2.38. The van der Waals surface area contributed by atoms with Crippen LogP contribution in [0.15, 0.2) is 54.9 Å². The molecule has 4 aromatic rings. The number of anilines is 1. The number of carboxylic acids is 1. The number of alkyl halides is 4. The van der Waals surface area contributed by atoms with Gasteiger partial charge in [0.05, 0.1) is 41.4 Å². The molecule has 50 heavy (non-hydrogen) atoms. The summed E-state index contributed by atoms with van der Waals surface area (Å²) in [5.74, 6) is -5.03. The maximum atomic E-state index is 15.4. The Balaban J connectivity index is 0.000000630. The molecule has 264 valence electrons. The molecule has 2 aliphatic heterocycles. The van der Waals surface area contributed by atoms with E-state index in [1.165, 1.54) is 40.7 Å². The SMILES string of the molecule is C[C@H]1C(=O)Nc2cnn(C)c2-c2cc(F)cc(c2)[C@@H](N2CCC(c3cc(Cl)ccc3-n3cc(Cl)nn3)=CC2=O)CCC1F.O=C(O)C(F)(F)F. The molecule has 2 amide bonds. The van der Waals surface area contributed by atoms with Crippen LogP contribution in [0.4, 0.5) is 27.6 Å². The molecule has 0 saturated carbocycles. The van der Waals surface area contributed by atoms with Crippen LogP contribution in [0.2, 0.25) is 10.2 Å². The lowest BCUT2D eigenvalue weighted by Gasteiger charge is -2.36. The smallest absolute Gasteiger partial charge is 0.475 e. The van der Waals surface area contributed by atoms with Crippen molar-refractivity contribution in [2.45, 2.75) is 44.6 Å². The molecule has 2 aliphatic rings. The van der Waals surface area contributed by atoms with Gasteiger partial charge in [0.15, 0.2) is 5.15 Å². The molecule has 0 fully saturated rings. The number of halogens is 7. The molecule has 2 aromatic heterocycles. The molecular formula is C32H28Cl2F5N7O4. The zero-order valence-corrected chi connectivity index (χ0v) is 27.8. The van der Waals surface area contributed by atoms with E-state index in [4.69, 9.17) is 33.1 Å². The number of nitrogens with one attached hydrogen (secondary N) is 1. The van der Waals surface area contributed by atoms with Gasteiger partial charge in [0.1, 0.15) is 12.0 Å². The van der Waals surface area contributed by atoms with Crippen molar-refractivity contribution in [3.63, 3.8) is 0 Å². The Labute approximate surface area is 291 Å². The topological polar surface area (TPSA) is 135 Å². The molecule has 4 heterocycles. The molecule has 2 aromatic carbocycles. The molecule has 2 N–H and O–H groups in total. The average molecular weight is 741 g/mol. The summed E-state index contributed by atoms with van der Waals surface area (Å²) in [6.07, 6.45) is -1.39. The highest BCUT2D eigenvalue weighted by Crippen LogP contribution is 2.38. The van der Waals surface area contributed by atoms with Crippen molar-refractivity contribution in [3.8, 4) is 16.9 Å². The fourth-order valence-electron chi connectivity index (χ4n) is 5.80. The van der Waals surface area contributed by atoms with Crippen LogP contribution in [0.3, 0.4) is 0 Å². The lowest BCUT2D eigenvalue weighted by atomic mass is 9.90. The van der Waals surface area contributed by atoms with E-state index >= 15 is 8.78 Å². The van der Waals surface area contributed by atoms with Gasteiger partial charge >= 0.3 is 12.1 Å². The summed E-state index contributed by atoms with van der Waals surface area (Å²) in [4.78, 5) is 37.2. The number of rotatable bonds is 3. The summed E-state index contributed by atoms with van der Waals surface area (Å²) in [6, 6.07) is 9.09. The Morgan fingerprint density at radius 3 is 2.46 bits per heavy atom. The van der Waals surface area contributed by atoms with Crippen LogP contribution >= 0.6 is 23.2 Å². The molecule has 6 rings (SSSR count). The largest absolute Gasteiger partial charge is 0.490 e. The fraction of sp³-hybridized carbons (Fsp3) is 0.312. The molecule has 1 unspecified atom stereocenters.